The number of benzene rings is 12. The van der Waals surface area contributed by atoms with E-state index in [-0.39, 0.29) is 39.2 Å². The highest BCUT2D eigenvalue weighted by Gasteiger charge is 2.51. The van der Waals surface area contributed by atoms with E-state index >= 15 is 0 Å². The molecule has 0 aliphatic heterocycles. The lowest BCUT2D eigenvalue weighted by molar-refractivity contribution is -0.624. The molecule has 0 spiro atoms. The van der Waals surface area contributed by atoms with Gasteiger partial charge in [0.15, 0.2) is 58.7 Å². The third-order valence-corrected chi connectivity index (χ3v) is 24.6. The van der Waals surface area contributed by atoms with Crippen molar-refractivity contribution in [2.75, 3.05) is 0 Å². The first-order valence-electron chi connectivity index (χ1n) is 32.1. The smallest absolute Gasteiger partial charge is 0.421 e. The summed E-state index contributed by atoms with van der Waals surface area (Å²) in [5.74, 6) is 0. The molecule has 0 unspecified atom stereocenters. The van der Waals surface area contributed by atoms with Crippen molar-refractivity contribution in [2.45, 2.75) is 108 Å². The molecule has 0 bridgehead atoms. The third-order valence-electron chi connectivity index (χ3n) is 15.2. The highest BCUT2D eigenvalue weighted by Crippen LogP contribution is 2.50. The van der Waals surface area contributed by atoms with Crippen LogP contribution in [0.25, 0.3) is 0 Å². The first-order valence-corrected chi connectivity index (χ1v) is 38.6. The maximum absolute atomic E-state index is 13.6. The molecule has 0 heterocycles. The van der Waals surface area contributed by atoms with Gasteiger partial charge in [-0.05, 0) is 146 Å². The first-order chi connectivity index (χ1) is 52.8. The van der Waals surface area contributed by atoms with Gasteiger partial charge in [0.2, 0.25) is 0 Å². The quantitative estimate of drug-likeness (QED) is 0.0692. The van der Waals surface area contributed by atoms with Crippen molar-refractivity contribution < 1.29 is 125 Å². The van der Waals surface area contributed by atoms with Crippen molar-refractivity contribution in [3.05, 3.63) is 360 Å². The summed E-state index contributed by atoms with van der Waals surface area (Å²) >= 11 is 0. The molecule has 0 fully saturated rings. The van der Waals surface area contributed by atoms with E-state index in [1.165, 1.54) is 146 Å². The van der Waals surface area contributed by atoms with Gasteiger partial charge in [-0.25, -0.2) is 0 Å². The van der Waals surface area contributed by atoms with Gasteiger partial charge in [0.1, 0.15) is 88.1 Å². The Balaban J connectivity index is 0.000000185. The van der Waals surface area contributed by atoms with E-state index in [4.69, 9.17) is 19.2 Å². The van der Waals surface area contributed by atoms with Gasteiger partial charge in [-0.15, -0.1) is 0 Å². The van der Waals surface area contributed by atoms with Crippen LogP contribution in [0.15, 0.2) is 374 Å². The molecule has 12 aromatic carbocycles. The summed E-state index contributed by atoms with van der Waals surface area (Å²) in [7, 11) is -11.9. The van der Waals surface area contributed by atoms with E-state index in [0.29, 0.717) is 19.6 Å². The Morgan fingerprint density at radius 2 is 0.239 bits per heavy atom. The maximum atomic E-state index is 13.6. The third kappa shape index (κ3) is 24.2. The molecular formula is C80H52F24O4S4Si. The molecule has 0 amide bonds. The average Bonchev–Trinajstić information content (AvgIpc) is 0.783. The minimum atomic E-state index is -5.61. The summed E-state index contributed by atoms with van der Waals surface area (Å²) in [6, 6.07) is 70.0. The van der Waals surface area contributed by atoms with Crippen molar-refractivity contribution in [1.82, 2.24) is 0 Å². The molecule has 4 nitrogen and oxygen atoms in total. The van der Waals surface area contributed by atoms with Crippen LogP contribution in [0.2, 0.25) is 0 Å². The van der Waals surface area contributed by atoms with Crippen molar-refractivity contribution in [3.8, 4) is 0 Å². The lowest BCUT2D eigenvalue weighted by Gasteiger charge is -2.67. The topological polar surface area (TPSA) is 92.2 Å². The van der Waals surface area contributed by atoms with Crippen molar-refractivity contribution in [3.63, 3.8) is 0 Å². The molecule has 0 radical (unpaired) electrons. The Hall–Kier alpha value is -9.58. The van der Waals surface area contributed by atoms with E-state index in [1.54, 1.807) is 121 Å². The van der Waals surface area contributed by atoms with Crippen LogP contribution in [0.3, 0.4) is 0 Å². The van der Waals surface area contributed by atoms with Crippen LogP contribution in [-0.4, -0.2) is 9.05 Å². The molecule has 12 rings (SSSR count). The normalized spacial score (nSPS) is 12.4. The van der Waals surface area contributed by atoms with E-state index in [1.807, 2.05) is 0 Å². The number of hydrogen-bond acceptors (Lipinski definition) is 4. The first kappa shape index (κ1) is 89.0. The van der Waals surface area contributed by atoms with Gasteiger partial charge in [-0.1, -0.05) is 170 Å². The predicted octanol–water partition coefficient (Wildman–Crippen LogP) is 22.1. The number of alkyl halides is 24. The number of rotatable bonds is 12. The summed E-state index contributed by atoms with van der Waals surface area (Å²) < 4.78 is 325. The van der Waals surface area contributed by atoms with Crippen LogP contribution in [0.1, 0.15) is 44.5 Å². The molecule has 0 aromatic heterocycles. The Bertz CT molecular complexity index is 4180. The zero-order valence-electron chi connectivity index (χ0n) is 56.9. The van der Waals surface area contributed by atoms with Gasteiger partial charge in [-0.3, -0.25) is 0 Å². The van der Waals surface area contributed by atoms with Crippen molar-refractivity contribution in [2.24, 2.45) is 0 Å². The molecule has 0 saturated carbocycles. The van der Waals surface area contributed by atoms with Crippen LogP contribution >= 0.6 is 0 Å². The van der Waals surface area contributed by atoms with Crippen molar-refractivity contribution in [1.29, 1.82) is 0 Å². The number of halogens is 24. The standard InChI is InChI=1S/4C20H13F6S.O4Si/c4*21-19(22,23)15-10-4-6-12-17(15)27(14-8-2-1-3-9-14)18-13-7-5-11-16(18)20(24,25)26;1-5(2,3)4/h4*1-13H;/q4*+1;-4. The molecule has 113 heavy (non-hydrogen) atoms. The summed E-state index contributed by atoms with van der Waals surface area (Å²) in [4.78, 5) is 34.3. The summed E-state index contributed by atoms with van der Waals surface area (Å²) in [5, 5.41) is 0. The SMILES string of the molecule is FC(F)(F)c1ccccc1[S+](c1ccccc1)c1ccccc1C(F)(F)F.FC(F)(F)c1ccccc1[S+](c1ccccc1)c1ccccc1C(F)(F)F.FC(F)(F)c1ccccc1[S+](c1ccccc1)c1ccccc1C(F)(F)F.FC(F)(F)c1ccccc1[S+](c1ccccc1)c1ccccc1C(F)(F)F.[O-][Si]([O-])([O-])[O-]. The van der Waals surface area contributed by atoms with Crippen LogP contribution < -0.4 is 19.2 Å². The van der Waals surface area contributed by atoms with Gasteiger partial charge in [0.05, 0.1) is 0 Å². The molecule has 33 heteroatoms. The van der Waals surface area contributed by atoms with Crippen LogP contribution in [0, 0.1) is 0 Å². The molecule has 592 valence electrons. The summed E-state index contributed by atoms with van der Waals surface area (Å²) in [6.07, 6.45) is -37.4. The Kier molecular flexibility index (Phi) is 29.2. The largest absolute Gasteiger partial charge is 0.894 e. The second-order valence-electron chi connectivity index (χ2n) is 22.9. The zero-order valence-corrected chi connectivity index (χ0v) is 61.1. The minimum absolute atomic E-state index is 0.187. The van der Waals surface area contributed by atoms with Crippen LogP contribution in [0.4, 0.5) is 105 Å². The van der Waals surface area contributed by atoms with Crippen molar-refractivity contribution >= 4 is 52.6 Å². The van der Waals surface area contributed by atoms with Gasteiger partial charge < -0.3 is 28.2 Å². The monoisotopic (exact) mass is 1690 g/mol. The minimum Gasteiger partial charge on any atom is -0.894 e. The van der Waals surface area contributed by atoms with E-state index in [0.717, 1.165) is 48.5 Å². The Labute approximate surface area is 641 Å². The summed E-state index contributed by atoms with van der Waals surface area (Å²) in [5.41, 5.74) is -7.49. The predicted molar refractivity (Wildman–Crippen MR) is 372 cm³/mol. The maximum Gasteiger partial charge on any atom is 0.421 e. The van der Waals surface area contributed by atoms with Crippen LogP contribution in [0.5, 0.6) is 0 Å². The summed E-state index contributed by atoms with van der Waals surface area (Å²) in [6.45, 7) is 0. The molecule has 0 atom stereocenters. The fraction of sp³-hybridized carbons (Fsp3) is 0.100. The molecule has 0 saturated heterocycles. The van der Waals surface area contributed by atoms with E-state index < -0.39 is 147 Å². The lowest BCUT2D eigenvalue weighted by atomic mass is 10.2. The molecule has 12 aromatic rings. The van der Waals surface area contributed by atoms with E-state index in [2.05, 4.69) is 0 Å². The van der Waals surface area contributed by atoms with Gasteiger partial charge in [0, 0.05) is 0 Å². The second-order valence-corrected chi connectivity index (χ2v) is 31.8. The lowest BCUT2D eigenvalue weighted by Crippen LogP contribution is -2.82. The fourth-order valence-corrected chi connectivity index (χ4v) is 20.4. The molecule has 0 N–H and O–H groups in total. The second kappa shape index (κ2) is 37.1. The Morgan fingerprint density at radius 1 is 0.150 bits per heavy atom. The van der Waals surface area contributed by atoms with Crippen LogP contribution in [-0.2, 0) is 93.0 Å². The molecule has 0 aliphatic carbocycles. The van der Waals surface area contributed by atoms with Gasteiger partial charge >= 0.3 is 49.4 Å². The number of hydrogen-bond donors (Lipinski definition) is 0. The molecular weight excluding hydrogens is 1640 g/mol. The van der Waals surface area contributed by atoms with Gasteiger partial charge in [-0.2, -0.15) is 105 Å². The zero-order chi connectivity index (χ0) is 83.1. The average molecular weight is 1690 g/mol. The Morgan fingerprint density at radius 3 is 0.336 bits per heavy atom. The van der Waals surface area contributed by atoms with Gasteiger partial charge in [0.25, 0.3) is 0 Å². The highest BCUT2D eigenvalue weighted by molar-refractivity contribution is 7.98. The van der Waals surface area contributed by atoms with E-state index in [9.17, 15) is 105 Å². The fourth-order valence-electron chi connectivity index (χ4n) is 10.7. The molecule has 0 aliphatic rings. The highest BCUT2D eigenvalue weighted by atomic mass is 32.2.